The molecule has 0 radical (unpaired) electrons. The summed E-state index contributed by atoms with van der Waals surface area (Å²) in [7, 11) is 0. The molecule has 0 aliphatic carbocycles. The van der Waals surface area contributed by atoms with Gasteiger partial charge in [0, 0.05) is 25.9 Å². The second-order valence-corrected chi connectivity index (χ2v) is 8.02. The highest BCUT2D eigenvalue weighted by atomic mass is 16.5. The number of fused-ring (bicyclic) bond motifs is 1. The first-order chi connectivity index (χ1) is 15.5. The van der Waals surface area contributed by atoms with Gasteiger partial charge in [-0.2, -0.15) is 10.1 Å². The summed E-state index contributed by atoms with van der Waals surface area (Å²) in [5, 5.41) is 17.5. The van der Waals surface area contributed by atoms with Crippen LogP contribution in [0, 0.1) is 5.92 Å². The topological polar surface area (TPSA) is 131 Å². The van der Waals surface area contributed by atoms with E-state index in [1.807, 2.05) is 16.5 Å². The number of carbonyl (C=O) groups is 1. The van der Waals surface area contributed by atoms with Crippen LogP contribution in [-0.4, -0.2) is 67.1 Å². The molecule has 2 N–H and O–H groups in total. The highest BCUT2D eigenvalue weighted by Gasteiger charge is 2.31. The van der Waals surface area contributed by atoms with E-state index in [4.69, 9.17) is 19.8 Å². The van der Waals surface area contributed by atoms with Gasteiger partial charge in [-0.1, -0.05) is 13.8 Å². The molecular weight excluding hydrogens is 412 g/mol. The van der Waals surface area contributed by atoms with Gasteiger partial charge in [0.1, 0.15) is 23.2 Å². The summed E-state index contributed by atoms with van der Waals surface area (Å²) >= 11 is 0. The Morgan fingerprint density at radius 2 is 2.22 bits per heavy atom. The van der Waals surface area contributed by atoms with Gasteiger partial charge in [-0.3, -0.25) is 9.48 Å². The molecular formula is C21H28N8O3. The third-order valence-corrected chi connectivity index (χ3v) is 5.45. The number of hydrogen-bond donors (Lipinski definition) is 2. The maximum Gasteiger partial charge on any atom is 0.308 e. The lowest BCUT2D eigenvalue weighted by Crippen LogP contribution is -2.25. The first-order valence-electron chi connectivity index (χ1n) is 10.8. The average Bonchev–Trinajstić information content (AvgIpc) is 3.40. The molecule has 4 rings (SSSR count). The van der Waals surface area contributed by atoms with Crippen LogP contribution in [0.3, 0.4) is 0 Å². The second-order valence-electron chi connectivity index (χ2n) is 8.02. The summed E-state index contributed by atoms with van der Waals surface area (Å²) in [6.07, 6.45) is 3.68. The molecule has 4 heterocycles. The second kappa shape index (κ2) is 9.43. The van der Waals surface area contributed by atoms with Crippen molar-refractivity contribution in [3.8, 4) is 0 Å². The Morgan fingerprint density at radius 1 is 1.38 bits per heavy atom. The highest BCUT2D eigenvalue weighted by Crippen LogP contribution is 2.32. The predicted octanol–water partition coefficient (Wildman–Crippen LogP) is 2.43. The van der Waals surface area contributed by atoms with Crippen molar-refractivity contribution in [2.45, 2.75) is 39.7 Å². The fourth-order valence-corrected chi connectivity index (χ4v) is 3.80. The van der Waals surface area contributed by atoms with Gasteiger partial charge in [0.25, 0.3) is 0 Å². The minimum Gasteiger partial charge on any atom is -0.481 e. The van der Waals surface area contributed by atoms with E-state index in [0.29, 0.717) is 56.9 Å². The maximum absolute atomic E-state index is 11.5. The Labute approximate surface area is 185 Å². The van der Waals surface area contributed by atoms with Gasteiger partial charge in [-0.25, -0.2) is 15.0 Å². The van der Waals surface area contributed by atoms with Gasteiger partial charge in [0.2, 0.25) is 5.95 Å². The van der Waals surface area contributed by atoms with Crippen LogP contribution < -0.4 is 10.2 Å². The molecule has 0 aromatic carbocycles. The summed E-state index contributed by atoms with van der Waals surface area (Å²) in [5.41, 5.74) is 2.38. The molecule has 1 atom stereocenters. The molecule has 0 bridgehead atoms. The van der Waals surface area contributed by atoms with Crippen molar-refractivity contribution in [1.29, 1.82) is 0 Å². The molecule has 1 aliphatic rings. The molecule has 3 aromatic rings. The molecule has 1 saturated heterocycles. The molecule has 170 valence electrons. The van der Waals surface area contributed by atoms with Gasteiger partial charge in [0.05, 0.1) is 24.8 Å². The minimum absolute atomic E-state index is 0.144. The molecule has 1 fully saturated rings. The van der Waals surface area contributed by atoms with Crippen LogP contribution in [0.2, 0.25) is 0 Å². The smallest absolute Gasteiger partial charge is 0.308 e. The molecule has 0 saturated carbocycles. The van der Waals surface area contributed by atoms with Crippen LogP contribution in [0.5, 0.6) is 0 Å². The summed E-state index contributed by atoms with van der Waals surface area (Å²) in [4.78, 5) is 31.2. The van der Waals surface area contributed by atoms with E-state index in [1.54, 1.807) is 12.3 Å². The number of hydrogen-bond acceptors (Lipinski definition) is 9. The van der Waals surface area contributed by atoms with Crippen LogP contribution in [0.4, 0.5) is 17.6 Å². The zero-order valence-electron chi connectivity index (χ0n) is 18.5. The Kier molecular flexibility index (Phi) is 6.45. The molecule has 1 aliphatic heterocycles. The average molecular weight is 441 g/mol. The van der Waals surface area contributed by atoms with E-state index >= 15 is 0 Å². The van der Waals surface area contributed by atoms with Crippen molar-refractivity contribution in [3.63, 3.8) is 0 Å². The zero-order valence-corrected chi connectivity index (χ0v) is 18.5. The van der Waals surface area contributed by atoms with E-state index in [-0.39, 0.29) is 5.92 Å². The summed E-state index contributed by atoms with van der Waals surface area (Å²) in [5.74, 6) is 0.582. The van der Waals surface area contributed by atoms with Gasteiger partial charge >= 0.3 is 5.97 Å². The Bertz CT molecular complexity index is 1090. The fraction of sp³-hybridized carbons (Fsp3) is 0.524. The molecule has 11 nitrogen and oxygen atoms in total. The lowest BCUT2D eigenvalue weighted by molar-refractivity contribution is -0.140. The molecule has 0 amide bonds. The van der Waals surface area contributed by atoms with Crippen molar-refractivity contribution >= 4 is 34.6 Å². The summed E-state index contributed by atoms with van der Waals surface area (Å²) < 4.78 is 7.42. The number of ether oxygens (including phenoxy) is 1. The lowest BCUT2D eigenvalue weighted by atomic mass is 10.1. The summed E-state index contributed by atoms with van der Waals surface area (Å²) in [6, 6.07) is 1.76. The molecule has 3 aromatic heterocycles. The molecule has 11 heteroatoms. The standard InChI is InChI=1S/C21H28N8O3/c1-4-32-10-9-29-18-17(16(27-29)13(2)3)25-21(28-8-6-14(11-28)20(30)31)26-19(18)24-15-5-7-22-12-23-15/h5,7,12-14H,4,6,8-11H2,1-3H3,(H,30,31)(H,22,23,24,25,26)/t14-/m0/s1. The van der Waals surface area contributed by atoms with E-state index in [0.717, 1.165) is 16.7 Å². The van der Waals surface area contributed by atoms with Crippen LogP contribution in [0.1, 0.15) is 38.8 Å². The first kappa shape index (κ1) is 21.9. The number of nitrogens with one attached hydrogen (secondary N) is 1. The van der Waals surface area contributed by atoms with Gasteiger partial charge in [0.15, 0.2) is 5.82 Å². The molecule has 0 spiro atoms. The Morgan fingerprint density at radius 3 is 2.88 bits per heavy atom. The maximum atomic E-state index is 11.5. The van der Waals surface area contributed by atoms with Crippen molar-refractivity contribution in [1.82, 2.24) is 29.7 Å². The Balaban J connectivity index is 1.82. The van der Waals surface area contributed by atoms with E-state index in [9.17, 15) is 9.90 Å². The number of carboxylic acids is 1. The van der Waals surface area contributed by atoms with Crippen LogP contribution in [0.15, 0.2) is 18.6 Å². The lowest BCUT2D eigenvalue weighted by Gasteiger charge is -2.18. The molecule has 32 heavy (non-hydrogen) atoms. The van der Waals surface area contributed by atoms with Gasteiger partial charge < -0.3 is 20.1 Å². The largest absolute Gasteiger partial charge is 0.481 e. The monoisotopic (exact) mass is 440 g/mol. The van der Waals surface area contributed by atoms with Crippen molar-refractivity contribution < 1.29 is 14.6 Å². The summed E-state index contributed by atoms with van der Waals surface area (Å²) in [6.45, 7) is 8.78. The van der Waals surface area contributed by atoms with Gasteiger partial charge in [-0.05, 0) is 25.3 Å². The van der Waals surface area contributed by atoms with Crippen molar-refractivity contribution in [3.05, 3.63) is 24.3 Å². The SMILES string of the molecule is CCOCCn1nc(C(C)C)c2nc(N3CC[C@H](C(=O)O)C3)nc(Nc3ccncn3)c21. The van der Waals surface area contributed by atoms with E-state index < -0.39 is 11.9 Å². The fourth-order valence-electron chi connectivity index (χ4n) is 3.80. The third kappa shape index (κ3) is 4.47. The number of carboxylic acid groups (broad SMARTS) is 1. The molecule has 0 unspecified atom stereocenters. The number of aliphatic carboxylic acids is 1. The normalized spacial score (nSPS) is 16.2. The zero-order chi connectivity index (χ0) is 22.7. The van der Waals surface area contributed by atoms with E-state index in [2.05, 4.69) is 29.1 Å². The quantitative estimate of drug-likeness (QED) is 0.478. The van der Waals surface area contributed by atoms with E-state index in [1.165, 1.54) is 6.33 Å². The Hall–Kier alpha value is -3.34. The van der Waals surface area contributed by atoms with Crippen molar-refractivity contribution in [2.24, 2.45) is 5.92 Å². The number of aromatic nitrogens is 6. The number of rotatable bonds is 9. The van der Waals surface area contributed by atoms with Crippen LogP contribution in [-0.2, 0) is 16.1 Å². The van der Waals surface area contributed by atoms with Crippen LogP contribution in [0.25, 0.3) is 11.0 Å². The predicted molar refractivity (Wildman–Crippen MR) is 119 cm³/mol. The number of anilines is 3. The highest BCUT2D eigenvalue weighted by molar-refractivity contribution is 5.90. The minimum atomic E-state index is -0.792. The number of nitrogens with zero attached hydrogens (tertiary/aromatic N) is 7. The van der Waals surface area contributed by atoms with Crippen molar-refractivity contribution in [2.75, 3.05) is 36.5 Å². The van der Waals surface area contributed by atoms with Gasteiger partial charge in [-0.15, -0.1) is 0 Å². The first-order valence-corrected chi connectivity index (χ1v) is 10.8. The van der Waals surface area contributed by atoms with Crippen LogP contribution >= 0.6 is 0 Å². The third-order valence-electron chi connectivity index (χ3n) is 5.45.